The number of esters is 1. The molecule has 2 heterocycles. The molecule has 2 aromatic heterocycles. The second-order valence-corrected chi connectivity index (χ2v) is 6.84. The topological polar surface area (TPSA) is 81.4 Å². The minimum absolute atomic E-state index is 0.189. The number of benzene rings is 2. The van der Waals surface area contributed by atoms with Crippen molar-refractivity contribution in [2.24, 2.45) is 0 Å². The number of ether oxygens (including phenoxy) is 1. The van der Waals surface area contributed by atoms with Gasteiger partial charge in [-0.15, -0.1) is 11.3 Å². The Bertz CT molecular complexity index is 1130. The van der Waals surface area contributed by atoms with Gasteiger partial charge in [-0.05, 0) is 29.7 Å². The number of amides is 1. The van der Waals surface area contributed by atoms with Gasteiger partial charge < -0.3 is 14.6 Å². The Balaban J connectivity index is 1.54. The van der Waals surface area contributed by atoms with E-state index in [1.54, 1.807) is 24.3 Å². The molecule has 0 fully saturated rings. The highest BCUT2D eigenvalue weighted by atomic mass is 32.1. The van der Waals surface area contributed by atoms with Crippen LogP contribution in [-0.4, -0.2) is 24.1 Å². The van der Waals surface area contributed by atoms with Crippen LogP contribution < -0.4 is 5.32 Å². The number of methoxy groups -OCH3 is 1. The molecular formula is C20H14N2O4S. The summed E-state index contributed by atoms with van der Waals surface area (Å²) in [7, 11) is 1.35. The lowest BCUT2D eigenvalue weighted by molar-refractivity contribution is 0.0606. The first kappa shape index (κ1) is 17.0. The largest absolute Gasteiger partial charge is 0.465 e. The van der Waals surface area contributed by atoms with Crippen LogP contribution in [0.4, 0.5) is 5.69 Å². The molecule has 0 atom stereocenters. The normalized spacial score (nSPS) is 10.7. The minimum Gasteiger partial charge on any atom is -0.465 e. The Morgan fingerprint density at radius 2 is 1.89 bits per heavy atom. The molecule has 7 heteroatoms. The van der Waals surface area contributed by atoms with Crippen molar-refractivity contribution in [2.45, 2.75) is 0 Å². The molecule has 1 amide bonds. The number of rotatable bonds is 4. The van der Waals surface area contributed by atoms with Crippen LogP contribution in [-0.2, 0) is 4.74 Å². The summed E-state index contributed by atoms with van der Waals surface area (Å²) < 4.78 is 10.9. The third kappa shape index (κ3) is 3.45. The second kappa shape index (κ2) is 7.05. The first-order valence-corrected chi connectivity index (χ1v) is 8.91. The number of nitrogens with zero attached hydrogens (tertiary/aromatic N) is 1. The molecule has 4 rings (SSSR count). The molecule has 0 radical (unpaired) electrons. The number of thiophene rings is 1. The van der Waals surface area contributed by atoms with Gasteiger partial charge in [0.1, 0.15) is 4.88 Å². The monoisotopic (exact) mass is 378 g/mol. The van der Waals surface area contributed by atoms with Crippen LogP contribution in [0.2, 0.25) is 0 Å². The van der Waals surface area contributed by atoms with Crippen molar-refractivity contribution in [3.8, 4) is 11.3 Å². The maximum atomic E-state index is 12.4. The highest BCUT2D eigenvalue weighted by Crippen LogP contribution is 2.29. The molecular weight excluding hydrogens is 364 g/mol. The van der Waals surface area contributed by atoms with E-state index in [2.05, 4.69) is 10.5 Å². The van der Waals surface area contributed by atoms with Gasteiger partial charge in [0.25, 0.3) is 5.91 Å². The molecule has 0 aliphatic heterocycles. The molecule has 0 bridgehead atoms. The van der Waals surface area contributed by atoms with Crippen molar-refractivity contribution < 1.29 is 18.8 Å². The quantitative estimate of drug-likeness (QED) is 0.525. The standard InChI is InChI=1S/C20H14N2O4S/c1-25-20(24)18-10-13-9-14(7-8-17(13)27-18)21-19(23)15-11-16(26-22-15)12-5-3-2-4-6-12/h2-11H,1H3,(H,21,23). The van der Waals surface area contributed by atoms with Gasteiger partial charge >= 0.3 is 5.97 Å². The zero-order valence-corrected chi connectivity index (χ0v) is 15.1. The van der Waals surface area contributed by atoms with Crippen molar-refractivity contribution in [1.82, 2.24) is 5.16 Å². The van der Waals surface area contributed by atoms with Crippen molar-refractivity contribution in [2.75, 3.05) is 12.4 Å². The van der Waals surface area contributed by atoms with Crippen LogP contribution in [0.15, 0.2) is 65.2 Å². The Hall–Kier alpha value is -3.45. The number of aromatic nitrogens is 1. The summed E-state index contributed by atoms with van der Waals surface area (Å²) in [4.78, 5) is 24.6. The average Bonchev–Trinajstić information content (AvgIpc) is 3.35. The third-order valence-electron chi connectivity index (χ3n) is 3.96. The number of nitrogens with one attached hydrogen (secondary N) is 1. The highest BCUT2D eigenvalue weighted by molar-refractivity contribution is 7.20. The summed E-state index contributed by atoms with van der Waals surface area (Å²) in [5.74, 6) is -0.224. The lowest BCUT2D eigenvalue weighted by Crippen LogP contribution is -2.11. The van der Waals surface area contributed by atoms with E-state index in [0.29, 0.717) is 16.3 Å². The maximum absolute atomic E-state index is 12.4. The van der Waals surface area contributed by atoms with Gasteiger partial charge in [0.05, 0.1) is 7.11 Å². The SMILES string of the molecule is COC(=O)c1cc2cc(NC(=O)c3cc(-c4ccccc4)on3)ccc2s1. The summed E-state index contributed by atoms with van der Waals surface area (Å²) in [6, 6.07) is 18.2. The fraction of sp³-hybridized carbons (Fsp3) is 0.0500. The van der Waals surface area contributed by atoms with Crippen molar-refractivity contribution in [1.29, 1.82) is 0 Å². The van der Waals surface area contributed by atoms with Gasteiger partial charge in [-0.25, -0.2) is 4.79 Å². The molecule has 0 unspecified atom stereocenters. The van der Waals surface area contributed by atoms with Crippen LogP contribution in [0.5, 0.6) is 0 Å². The first-order chi connectivity index (χ1) is 13.1. The molecule has 0 aliphatic carbocycles. The molecule has 0 aliphatic rings. The summed E-state index contributed by atoms with van der Waals surface area (Å²) >= 11 is 1.34. The first-order valence-electron chi connectivity index (χ1n) is 8.09. The van der Waals surface area contributed by atoms with Crippen LogP contribution in [0.25, 0.3) is 21.4 Å². The molecule has 1 N–H and O–H groups in total. The van der Waals surface area contributed by atoms with E-state index in [-0.39, 0.29) is 17.6 Å². The number of anilines is 1. The zero-order chi connectivity index (χ0) is 18.8. The van der Waals surface area contributed by atoms with E-state index < -0.39 is 0 Å². The van der Waals surface area contributed by atoms with Crippen LogP contribution >= 0.6 is 11.3 Å². The molecule has 0 spiro atoms. The molecule has 134 valence electrons. The fourth-order valence-electron chi connectivity index (χ4n) is 2.64. The van der Waals surface area contributed by atoms with Gasteiger partial charge in [-0.3, -0.25) is 4.79 Å². The van der Waals surface area contributed by atoms with Crippen LogP contribution in [0.1, 0.15) is 20.2 Å². The fourth-order valence-corrected chi connectivity index (χ4v) is 3.60. The van der Waals surface area contributed by atoms with Crippen molar-refractivity contribution >= 4 is 39.0 Å². The molecule has 0 saturated carbocycles. The van der Waals surface area contributed by atoms with E-state index in [4.69, 9.17) is 9.26 Å². The van der Waals surface area contributed by atoms with E-state index in [0.717, 1.165) is 15.6 Å². The van der Waals surface area contributed by atoms with E-state index in [1.165, 1.54) is 18.4 Å². The Morgan fingerprint density at radius 1 is 1.07 bits per heavy atom. The molecule has 6 nitrogen and oxygen atoms in total. The average molecular weight is 378 g/mol. The van der Waals surface area contributed by atoms with Gasteiger partial charge in [-0.2, -0.15) is 0 Å². The second-order valence-electron chi connectivity index (χ2n) is 5.75. The summed E-state index contributed by atoms with van der Waals surface area (Å²) in [6.07, 6.45) is 0. The molecule has 4 aromatic rings. The Labute approximate surface area is 158 Å². The maximum Gasteiger partial charge on any atom is 0.348 e. The lowest BCUT2D eigenvalue weighted by Gasteiger charge is -2.02. The smallest absolute Gasteiger partial charge is 0.348 e. The summed E-state index contributed by atoms with van der Waals surface area (Å²) in [5.41, 5.74) is 1.64. The van der Waals surface area contributed by atoms with Crippen LogP contribution in [0.3, 0.4) is 0 Å². The lowest BCUT2D eigenvalue weighted by atomic mass is 10.1. The predicted octanol–water partition coefficient (Wildman–Crippen LogP) is 4.60. The third-order valence-corrected chi connectivity index (χ3v) is 5.06. The van der Waals surface area contributed by atoms with Gasteiger partial charge in [0.2, 0.25) is 0 Å². The van der Waals surface area contributed by atoms with E-state index >= 15 is 0 Å². The molecule has 0 saturated heterocycles. The van der Waals surface area contributed by atoms with E-state index in [1.807, 2.05) is 36.4 Å². The number of carbonyl (C=O) groups is 2. The predicted molar refractivity (Wildman–Crippen MR) is 103 cm³/mol. The zero-order valence-electron chi connectivity index (χ0n) is 14.3. The molecule has 27 heavy (non-hydrogen) atoms. The minimum atomic E-state index is -0.377. The van der Waals surface area contributed by atoms with Crippen molar-refractivity contribution in [3.05, 3.63) is 71.2 Å². The van der Waals surface area contributed by atoms with E-state index in [9.17, 15) is 9.59 Å². The number of hydrogen-bond donors (Lipinski definition) is 1. The number of hydrogen-bond acceptors (Lipinski definition) is 6. The van der Waals surface area contributed by atoms with Crippen LogP contribution in [0, 0.1) is 0 Å². The Kier molecular flexibility index (Phi) is 4.43. The molecule has 2 aromatic carbocycles. The summed E-state index contributed by atoms with van der Waals surface area (Å²) in [5, 5.41) is 7.49. The number of carbonyl (C=O) groups excluding carboxylic acids is 2. The van der Waals surface area contributed by atoms with Gasteiger partial charge in [0.15, 0.2) is 11.5 Å². The Morgan fingerprint density at radius 3 is 2.67 bits per heavy atom. The number of fused-ring (bicyclic) bond motifs is 1. The van der Waals surface area contributed by atoms with Gasteiger partial charge in [-0.1, -0.05) is 35.5 Å². The van der Waals surface area contributed by atoms with Crippen molar-refractivity contribution in [3.63, 3.8) is 0 Å². The summed E-state index contributed by atoms with van der Waals surface area (Å²) in [6.45, 7) is 0. The highest BCUT2D eigenvalue weighted by Gasteiger charge is 2.15. The van der Waals surface area contributed by atoms with Gasteiger partial charge in [0, 0.05) is 22.0 Å².